The van der Waals surface area contributed by atoms with Crippen LogP contribution in [0.5, 0.6) is 0 Å². The fourth-order valence-electron chi connectivity index (χ4n) is 1.04. The van der Waals surface area contributed by atoms with E-state index in [1.54, 1.807) is 0 Å². The molecule has 80 valence electrons. The van der Waals surface area contributed by atoms with Gasteiger partial charge in [0.15, 0.2) is 0 Å². The summed E-state index contributed by atoms with van der Waals surface area (Å²) in [6, 6.07) is 3.33. The molecular formula is C10H9FO4. The van der Waals surface area contributed by atoms with E-state index in [4.69, 9.17) is 0 Å². The van der Waals surface area contributed by atoms with Gasteiger partial charge in [0.25, 0.3) is 0 Å². The molecule has 15 heavy (non-hydrogen) atoms. The monoisotopic (exact) mass is 212 g/mol. The molecule has 0 aliphatic carbocycles. The standard InChI is InChI=1S/C10H9FO4/c1-14-9(12)6-3-4-8(11)7(5-6)10(13)15-2/h3-5H,1-2H3. The lowest BCUT2D eigenvalue weighted by Crippen LogP contribution is -2.08. The molecule has 0 bridgehead atoms. The zero-order valence-corrected chi connectivity index (χ0v) is 8.24. The van der Waals surface area contributed by atoms with Gasteiger partial charge in [-0.1, -0.05) is 0 Å². The van der Waals surface area contributed by atoms with Gasteiger partial charge in [-0.25, -0.2) is 14.0 Å². The van der Waals surface area contributed by atoms with Gasteiger partial charge in [-0.05, 0) is 18.2 Å². The summed E-state index contributed by atoms with van der Waals surface area (Å²) in [6.07, 6.45) is 0. The van der Waals surface area contributed by atoms with Crippen LogP contribution >= 0.6 is 0 Å². The maximum Gasteiger partial charge on any atom is 0.340 e. The van der Waals surface area contributed by atoms with Crippen LogP contribution in [0.15, 0.2) is 18.2 Å². The first-order valence-electron chi connectivity index (χ1n) is 4.06. The topological polar surface area (TPSA) is 52.6 Å². The van der Waals surface area contributed by atoms with Gasteiger partial charge in [-0.15, -0.1) is 0 Å². The maximum absolute atomic E-state index is 13.1. The molecule has 0 radical (unpaired) electrons. The first-order chi connectivity index (χ1) is 7.10. The Hall–Kier alpha value is -1.91. The Morgan fingerprint density at radius 1 is 1.13 bits per heavy atom. The molecule has 0 aliphatic heterocycles. The third-order valence-electron chi connectivity index (χ3n) is 1.79. The summed E-state index contributed by atoms with van der Waals surface area (Å²) in [5, 5.41) is 0. The van der Waals surface area contributed by atoms with Gasteiger partial charge in [0.05, 0.1) is 25.3 Å². The molecule has 0 spiro atoms. The number of methoxy groups -OCH3 is 2. The van der Waals surface area contributed by atoms with E-state index >= 15 is 0 Å². The van der Waals surface area contributed by atoms with Crippen LogP contribution in [0.2, 0.25) is 0 Å². The number of carbonyl (C=O) groups is 2. The van der Waals surface area contributed by atoms with E-state index in [1.165, 1.54) is 13.2 Å². The van der Waals surface area contributed by atoms with Gasteiger partial charge in [-0.2, -0.15) is 0 Å². The van der Waals surface area contributed by atoms with Crippen LogP contribution in [0, 0.1) is 5.82 Å². The van der Waals surface area contributed by atoms with Crippen molar-refractivity contribution in [1.29, 1.82) is 0 Å². The highest BCUT2D eigenvalue weighted by Crippen LogP contribution is 2.12. The summed E-state index contributed by atoms with van der Waals surface area (Å²) < 4.78 is 21.9. The Morgan fingerprint density at radius 3 is 2.27 bits per heavy atom. The minimum absolute atomic E-state index is 0.0966. The van der Waals surface area contributed by atoms with Crippen LogP contribution in [-0.4, -0.2) is 26.2 Å². The highest BCUT2D eigenvalue weighted by atomic mass is 19.1. The van der Waals surface area contributed by atoms with Gasteiger partial charge < -0.3 is 9.47 Å². The highest BCUT2D eigenvalue weighted by Gasteiger charge is 2.15. The molecule has 0 atom stereocenters. The molecule has 0 aromatic heterocycles. The van der Waals surface area contributed by atoms with Crippen LogP contribution in [0.1, 0.15) is 20.7 Å². The summed E-state index contributed by atoms with van der Waals surface area (Å²) in [6.45, 7) is 0. The highest BCUT2D eigenvalue weighted by molar-refractivity contribution is 5.95. The summed E-state index contributed by atoms with van der Waals surface area (Å²) in [7, 11) is 2.33. The van der Waals surface area contributed by atoms with Gasteiger partial charge in [0, 0.05) is 0 Å². The van der Waals surface area contributed by atoms with E-state index in [0.717, 1.165) is 19.2 Å². The molecule has 1 aromatic rings. The molecule has 5 heteroatoms. The summed E-state index contributed by atoms with van der Waals surface area (Å²) in [4.78, 5) is 22.2. The van der Waals surface area contributed by atoms with Crippen molar-refractivity contribution in [2.24, 2.45) is 0 Å². The molecule has 0 heterocycles. The first-order valence-corrected chi connectivity index (χ1v) is 4.06. The molecule has 4 nitrogen and oxygen atoms in total. The lowest BCUT2D eigenvalue weighted by Gasteiger charge is -2.03. The van der Waals surface area contributed by atoms with Crippen LogP contribution < -0.4 is 0 Å². The number of esters is 2. The second-order valence-electron chi connectivity index (χ2n) is 2.68. The molecule has 0 saturated heterocycles. The number of carbonyl (C=O) groups excluding carboxylic acids is 2. The van der Waals surface area contributed by atoms with Crippen molar-refractivity contribution in [3.63, 3.8) is 0 Å². The third-order valence-corrected chi connectivity index (χ3v) is 1.79. The lowest BCUT2D eigenvalue weighted by molar-refractivity contribution is 0.0595. The molecule has 0 fully saturated rings. The second-order valence-corrected chi connectivity index (χ2v) is 2.68. The van der Waals surface area contributed by atoms with Crippen molar-refractivity contribution in [3.05, 3.63) is 35.1 Å². The van der Waals surface area contributed by atoms with Crippen LogP contribution in [-0.2, 0) is 9.47 Å². The molecular weight excluding hydrogens is 203 g/mol. The fraction of sp³-hybridized carbons (Fsp3) is 0.200. The van der Waals surface area contributed by atoms with E-state index in [9.17, 15) is 14.0 Å². The lowest BCUT2D eigenvalue weighted by atomic mass is 10.1. The van der Waals surface area contributed by atoms with Gasteiger partial charge in [-0.3, -0.25) is 0 Å². The van der Waals surface area contributed by atoms with Gasteiger partial charge in [0.1, 0.15) is 5.82 Å². The SMILES string of the molecule is COC(=O)c1ccc(F)c(C(=O)OC)c1. The number of rotatable bonds is 2. The Kier molecular flexibility index (Phi) is 3.38. The zero-order valence-electron chi connectivity index (χ0n) is 8.24. The fourth-order valence-corrected chi connectivity index (χ4v) is 1.04. The number of halogens is 1. The van der Waals surface area contributed by atoms with E-state index in [0.29, 0.717) is 0 Å². The van der Waals surface area contributed by atoms with Crippen molar-refractivity contribution in [2.45, 2.75) is 0 Å². The first kappa shape index (κ1) is 11.2. The van der Waals surface area contributed by atoms with E-state index in [2.05, 4.69) is 9.47 Å². The average molecular weight is 212 g/mol. The van der Waals surface area contributed by atoms with E-state index < -0.39 is 17.8 Å². The second kappa shape index (κ2) is 4.54. The summed E-state index contributed by atoms with van der Waals surface area (Å²) in [5.41, 5.74) is -0.195. The van der Waals surface area contributed by atoms with Crippen molar-refractivity contribution in [1.82, 2.24) is 0 Å². The number of hydrogen-bond donors (Lipinski definition) is 0. The Balaban J connectivity index is 3.16. The van der Waals surface area contributed by atoms with E-state index in [1.807, 2.05) is 0 Å². The normalized spacial score (nSPS) is 9.53. The Labute approximate surface area is 85.6 Å². The molecule has 0 N–H and O–H groups in total. The predicted octanol–water partition coefficient (Wildman–Crippen LogP) is 1.40. The maximum atomic E-state index is 13.1. The van der Waals surface area contributed by atoms with Gasteiger partial charge >= 0.3 is 11.9 Å². The molecule has 0 aliphatic rings. The quantitative estimate of drug-likeness (QED) is 0.695. The largest absolute Gasteiger partial charge is 0.465 e. The third kappa shape index (κ3) is 2.31. The Bertz CT molecular complexity index is 400. The van der Waals surface area contributed by atoms with Crippen molar-refractivity contribution < 1.29 is 23.5 Å². The smallest absolute Gasteiger partial charge is 0.340 e. The molecule has 1 rings (SSSR count). The average Bonchev–Trinajstić information content (AvgIpc) is 2.27. The van der Waals surface area contributed by atoms with Crippen LogP contribution in [0.25, 0.3) is 0 Å². The minimum Gasteiger partial charge on any atom is -0.465 e. The van der Waals surface area contributed by atoms with Crippen molar-refractivity contribution in [2.75, 3.05) is 14.2 Å². The molecule has 0 amide bonds. The Morgan fingerprint density at radius 2 is 1.73 bits per heavy atom. The van der Waals surface area contributed by atoms with Crippen LogP contribution in [0.4, 0.5) is 4.39 Å². The number of ether oxygens (including phenoxy) is 2. The molecule has 1 aromatic carbocycles. The number of benzene rings is 1. The minimum atomic E-state index is -0.835. The van der Waals surface area contributed by atoms with Gasteiger partial charge in [0.2, 0.25) is 0 Å². The molecule has 0 saturated carbocycles. The van der Waals surface area contributed by atoms with Crippen molar-refractivity contribution >= 4 is 11.9 Å². The zero-order chi connectivity index (χ0) is 11.4. The van der Waals surface area contributed by atoms with Crippen molar-refractivity contribution in [3.8, 4) is 0 Å². The van der Waals surface area contributed by atoms with E-state index in [-0.39, 0.29) is 11.1 Å². The number of hydrogen-bond acceptors (Lipinski definition) is 4. The molecule has 0 unspecified atom stereocenters. The predicted molar refractivity (Wildman–Crippen MR) is 49.1 cm³/mol. The summed E-state index contributed by atoms with van der Waals surface area (Å²) >= 11 is 0. The van der Waals surface area contributed by atoms with Crippen LogP contribution in [0.3, 0.4) is 0 Å². The summed E-state index contributed by atoms with van der Waals surface area (Å²) in [5.74, 6) is -2.21.